The van der Waals surface area contributed by atoms with Gasteiger partial charge in [0.25, 0.3) is 0 Å². The highest BCUT2D eigenvalue weighted by Crippen LogP contribution is 2.28. The molecular formula is C17H16F3N5. The second-order valence-corrected chi connectivity index (χ2v) is 5.82. The summed E-state index contributed by atoms with van der Waals surface area (Å²) in [5, 5.41) is 8.96. The summed E-state index contributed by atoms with van der Waals surface area (Å²) >= 11 is 0. The summed E-state index contributed by atoms with van der Waals surface area (Å²) in [5.41, 5.74) is 0.297. The largest absolute Gasteiger partial charge is 0.433 e. The fraction of sp³-hybridized carbons (Fsp3) is 0.353. The van der Waals surface area contributed by atoms with Gasteiger partial charge in [0.1, 0.15) is 11.5 Å². The maximum absolute atomic E-state index is 12.7. The molecule has 0 radical (unpaired) electrons. The quantitative estimate of drug-likeness (QED) is 0.854. The Kier molecular flexibility index (Phi) is 4.86. The molecule has 25 heavy (non-hydrogen) atoms. The van der Waals surface area contributed by atoms with Crippen LogP contribution in [-0.4, -0.2) is 41.0 Å². The number of anilines is 1. The minimum atomic E-state index is -4.42. The molecule has 0 atom stereocenters. The summed E-state index contributed by atoms with van der Waals surface area (Å²) in [6, 6.07) is 8.20. The van der Waals surface area contributed by atoms with Gasteiger partial charge in [-0.15, -0.1) is 0 Å². The molecule has 5 nitrogen and oxygen atoms in total. The third-order valence-corrected chi connectivity index (χ3v) is 4.09. The molecule has 1 fully saturated rings. The molecule has 2 aromatic rings. The van der Waals surface area contributed by atoms with E-state index in [2.05, 4.69) is 25.8 Å². The minimum absolute atomic E-state index is 0.450. The van der Waals surface area contributed by atoms with E-state index in [9.17, 15) is 13.2 Å². The zero-order chi connectivity index (χ0) is 17.9. The number of hydrogen-bond donors (Lipinski definition) is 0. The van der Waals surface area contributed by atoms with Crippen LogP contribution >= 0.6 is 0 Å². The Morgan fingerprint density at radius 3 is 2.44 bits per heavy atom. The Bertz CT molecular complexity index is 776. The second-order valence-electron chi connectivity index (χ2n) is 5.82. The van der Waals surface area contributed by atoms with Crippen LogP contribution in [0.15, 0.2) is 36.7 Å². The van der Waals surface area contributed by atoms with Crippen LogP contribution in [0.2, 0.25) is 0 Å². The summed E-state index contributed by atoms with van der Waals surface area (Å²) in [7, 11) is 0. The molecule has 8 heteroatoms. The fourth-order valence-corrected chi connectivity index (χ4v) is 2.78. The maximum Gasteiger partial charge on any atom is 0.433 e. The first-order valence-corrected chi connectivity index (χ1v) is 7.81. The molecule has 3 rings (SSSR count). The zero-order valence-electron chi connectivity index (χ0n) is 13.4. The van der Waals surface area contributed by atoms with E-state index >= 15 is 0 Å². The van der Waals surface area contributed by atoms with Gasteiger partial charge in [-0.3, -0.25) is 9.88 Å². The lowest BCUT2D eigenvalue weighted by Gasteiger charge is -2.35. The van der Waals surface area contributed by atoms with Crippen LogP contribution in [-0.2, 0) is 12.7 Å². The van der Waals surface area contributed by atoms with E-state index in [0.29, 0.717) is 43.9 Å². The first-order chi connectivity index (χ1) is 12.0. The molecule has 130 valence electrons. The van der Waals surface area contributed by atoms with Gasteiger partial charge in [0, 0.05) is 45.1 Å². The predicted octanol–water partition coefficient (Wildman–Crippen LogP) is 2.69. The molecule has 0 aliphatic carbocycles. The van der Waals surface area contributed by atoms with E-state index < -0.39 is 11.9 Å². The Morgan fingerprint density at radius 2 is 1.76 bits per heavy atom. The summed E-state index contributed by atoms with van der Waals surface area (Å²) < 4.78 is 38.2. The predicted molar refractivity (Wildman–Crippen MR) is 85.7 cm³/mol. The molecule has 0 N–H and O–H groups in total. The standard InChI is InChI=1S/C17H16F3N5/c18-17(19,20)15-9-14(2-3-22-15)12-24-5-7-25(8-6-24)16-10-13(11-21)1-4-23-16/h1-4,9-10H,5-8,12H2. The molecule has 0 saturated carbocycles. The average molecular weight is 347 g/mol. The van der Waals surface area contributed by atoms with Gasteiger partial charge in [-0.2, -0.15) is 18.4 Å². The monoisotopic (exact) mass is 347 g/mol. The van der Waals surface area contributed by atoms with E-state index in [1.807, 2.05) is 0 Å². The van der Waals surface area contributed by atoms with Crippen molar-refractivity contribution in [3.8, 4) is 6.07 Å². The number of hydrogen-bond acceptors (Lipinski definition) is 5. The number of piperazine rings is 1. The van der Waals surface area contributed by atoms with Crippen molar-refractivity contribution in [3.05, 3.63) is 53.5 Å². The van der Waals surface area contributed by atoms with Gasteiger partial charge in [0.05, 0.1) is 11.6 Å². The van der Waals surface area contributed by atoms with Gasteiger partial charge in [-0.25, -0.2) is 4.98 Å². The number of pyridine rings is 2. The number of alkyl halides is 3. The molecule has 0 bridgehead atoms. The third kappa shape index (κ3) is 4.25. The molecule has 1 saturated heterocycles. The first-order valence-electron chi connectivity index (χ1n) is 7.81. The highest BCUT2D eigenvalue weighted by atomic mass is 19.4. The van der Waals surface area contributed by atoms with Crippen LogP contribution in [0.3, 0.4) is 0 Å². The molecule has 2 aromatic heterocycles. The lowest BCUT2D eigenvalue weighted by atomic mass is 10.2. The Labute approximate surface area is 143 Å². The Hall–Kier alpha value is -2.66. The summed E-state index contributed by atoms with van der Waals surface area (Å²) in [6.07, 6.45) is -1.62. The molecular weight excluding hydrogens is 331 g/mol. The van der Waals surface area contributed by atoms with Crippen molar-refractivity contribution in [3.63, 3.8) is 0 Å². The van der Waals surface area contributed by atoms with Gasteiger partial charge in [0.2, 0.25) is 0 Å². The fourth-order valence-electron chi connectivity index (χ4n) is 2.78. The van der Waals surface area contributed by atoms with E-state index in [1.165, 1.54) is 6.20 Å². The van der Waals surface area contributed by atoms with Crippen molar-refractivity contribution in [1.82, 2.24) is 14.9 Å². The van der Waals surface area contributed by atoms with Crippen molar-refractivity contribution >= 4 is 5.82 Å². The zero-order valence-corrected chi connectivity index (χ0v) is 13.4. The van der Waals surface area contributed by atoms with Gasteiger partial charge >= 0.3 is 6.18 Å². The first kappa shape index (κ1) is 17.2. The highest BCUT2D eigenvalue weighted by Gasteiger charge is 2.32. The van der Waals surface area contributed by atoms with Crippen LogP contribution < -0.4 is 4.90 Å². The van der Waals surface area contributed by atoms with E-state index in [1.54, 1.807) is 24.4 Å². The summed E-state index contributed by atoms with van der Waals surface area (Å²) in [4.78, 5) is 11.8. The highest BCUT2D eigenvalue weighted by molar-refractivity contribution is 5.45. The lowest BCUT2D eigenvalue weighted by molar-refractivity contribution is -0.141. The third-order valence-electron chi connectivity index (χ3n) is 4.09. The van der Waals surface area contributed by atoms with Crippen molar-refractivity contribution in [2.24, 2.45) is 0 Å². The Balaban J connectivity index is 1.60. The lowest BCUT2D eigenvalue weighted by Crippen LogP contribution is -2.46. The van der Waals surface area contributed by atoms with Crippen molar-refractivity contribution in [1.29, 1.82) is 5.26 Å². The molecule has 0 amide bonds. The van der Waals surface area contributed by atoms with Crippen LogP contribution in [0.5, 0.6) is 0 Å². The van der Waals surface area contributed by atoms with Crippen LogP contribution in [0, 0.1) is 11.3 Å². The second kappa shape index (κ2) is 7.07. The number of rotatable bonds is 3. The van der Waals surface area contributed by atoms with Gasteiger partial charge < -0.3 is 4.90 Å². The van der Waals surface area contributed by atoms with E-state index in [-0.39, 0.29) is 0 Å². The molecule has 0 aromatic carbocycles. The molecule has 3 heterocycles. The van der Waals surface area contributed by atoms with Crippen molar-refractivity contribution < 1.29 is 13.2 Å². The van der Waals surface area contributed by atoms with Crippen LogP contribution in [0.25, 0.3) is 0 Å². The molecule has 1 aliphatic heterocycles. The van der Waals surface area contributed by atoms with E-state index in [0.717, 1.165) is 11.9 Å². The Morgan fingerprint density at radius 1 is 1.04 bits per heavy atom. The number of halogens is 3. The summed E-state index contributed by atoms with van der Waals surface area (Å²) in [5.74, 6) is 0.752. The van der Waals surface area contributed by atoms with Gasteiger partial charge in [-0.05, 0) is 29.8 Å². The molecule has 1 aliphatic rings. The number of nitrogens with zero attached hydrogens (tertiary/aromatic N) is 5. The molecule has 0 unspecified atom stereocenters. The number of aromatic nitrogens is 2. The van der Waals surface area contributed by atoms with E-state index in [4.69, 9.17) is 5.26 Å². The van der Waals surface area contributed by atoms with Crippen LogP contribution in [0.4, 0.5) is 19.0 Å². The minimum Gasteiger partial charge on any atom is -0.354 e. The van der Waals surface area contributed by atoms with Gasteiger partial charge in [0.15, 0.2) is 0 Å². The van der Waals surface area contributed by atoms with Crippen molar-refractivity contribution in [2.75, 3.05) is 31.1 Å². The molecule has 0 spiro atoms. The van der Waals surface area contributed by atoms with Gasteiger partial charge in [-0.1, -0.05) is 0 Å². The van der Waals surface area contributed by atoms with Crippen LogP contribution in [0.1, 0.15) is 16.8 Å². The maximum atomic E-state index is 12.7. The smallest absolute Gasteiger partial charge is 0.354 e. The van der Waals surface area contributed by atoms with Crippen molar-refractivity contribution in [2.45, 2.75) is 12.7 Å². The summed E-state index contributed by atoms with van der Waals surface area (Å²) in [6.45, 7) is 3.29. The topological polar surface area (TPSA) is 56.1 Å². The average Bonchev–Trinajstić information content (AvgIpc) is 2.62. The SMILES string of the molecule is N#Cc1ccnc(N2CCN(Cc3ccnc(C(F)(F)F)c3)CC2)c1. The normalized spacial score (nSPS) is 15.8. The number of nitriles is 1.